The molecule has 0 radical (unpaired) electrons. The number of aromatic nitrogens is 1. The molecule has 1 atom stereocenters. The van der Waals surface area contributed by atoms with Gasteiger partial charge in [-0.3, -0.25) is 9.89 Å². The maximum absolute atomic E-state index is 6.01. The fourth-order valence-corrected chi connectivity index (χ4v) is 2.95. The number of hydrogen-bond acceptors (Lipinski definition) is 3. The van der Waals surface area contributed by atoms with Crippen molar-refractivity contribution in [3.05, 3.63) is 60.3 Å². The monoisotopic (exact) mass is 309 g/mol. The maximum atomic E-state index is 6.01. The van der Waals surface area contributed by atoms with Crippen molar-refractivity contribution in [3.63, 3.8) is 0 Å². The summed E-state index contributed by atoms with van der Waals surface area (Å²) in [6.07, 6.45) is 4.25. The molecule has 5 nitrogen and oxygen atoms in total. The third-order valence-corrected chi connectivity index (χ3v) is 4.12. The summed E-state index contributed by atoms with van der Waals surface area (Å²) in [7, 11) is 0. The van der Waals surface area contributed by atoms with Gasteiger partial charge in [-0.1, -0.05) is 36.4 Å². The number of hydrogen-bond donors (Lipinski definition) is 2. The van der Waals surface area contributed by atoms with Crippen LogP contribution in [0.3, 0.4) is 0 Å². The molecule has 1 aliphatic rings. The first kappa shape index (κ1) is 15.5. The summed E-state index contributed by atoms with van der Waals surface area (Å²) >= 11 is 0. The second-order valence-corrected chi connectivity index (χ2v) is 5.74. The average molecular weight is 309 g/mol. The molecule has 1 aromatic carbocycles. The normalized spacial score (nSPS) is 17.1. The number of nitrogens with two attached hydrogens (primary N) is 1. The standard InChI is InChI=1S/C18H23N5/c19-18(22-17-10-4-5-11-20-17)21-14-16(23-12-6-7-13-23)15-8-2-1-3-9-15/h1-5,8-11,16H,6-7,12-14H2,(H3,19,20,21,22). The van der Waals surface area contributed by atoms with Crippen LogP contribution in [0.25, 0.3) is 0 Å². The van der Waals surface area contributed by atoms with Gasteiger partial charge in [0.2, 0.25) is 0 Å². The summed E-state index contributed by atoms with van der Waals surface area (Å²) in [6.45, 7) is 2.90. The van der Waals surface area contributed by atoms with Crippen molar-refractivity contribution < 1.29 is 0 Å². The van der Waals surface area contributed by atoms with Crippen molar-refractivity contribution in [2.45, 2.75) is 18.9 Å². The zero-order valence-electron chi connectivity index (χ0n) is 13.2. The molecule has 0 bridgehead atoms. The summed E-state index contributed by atoms with van der Waals surface area (Å²) in [5.41, 5.74) is 7.31. The van der Waals surface area contributed by atoms with Crippen molar-refractivity contribution in [2.75, 3.05) is 25.0 Å². The van der Waals surface area contributed by atoms with Crippen molar-refractivity contribution in [1.82, 2.24) is 9.88 Å². The Bertz CT molecular complexity index is 620. The van der Waals surface area contributed by atoms with Crippen LogP contribution in [-0.2, 0) is 0 Å². The van der Waals surface area contributed by atoms with Gasteiger partial charge in [0.25, 0.3) is 0 Å². The van der Waals surface area contributed by atoms with Crippen molar-refractivity contribution >= 4 is 11.8 Å². The van der Waals surface area contributed by atoms with Gasteiger partial charge in [-0.25, -0.2) is 4.98 Å². The number of pyridine rings is 1. The number of benzene rings is 1. The molecule has 2 aromatic rings. The number of nitrogens with zero attached hydrogens (tertiary/aromatic N) is 3. The first-order chi connectivity index (χ1) is 11.3. The van der Waals surface area contributed by atoms with Gasteiger partial charge >= 0.3 is 0 Å². The molecule has 0 spiro atoms. The SMILES string of the molecule is NC(=NCC(c1ccccc1)N1CCCC1)Nc1ccccn1. The van der Waals surface area contributed by atoms with E-state index in [1.54, 1.807) is 6.20 Å². The molecular formula is C18H23N5. The van der Waals surface area contributed by atoms with Gasteiger partial charge in [0.15, 0.2) is 5.96 Å². The summed E-state index contributed by atoms with van der Waals surface area (Å²) in [5.74, 6) is 1.12. The first-order valence-electron chi connectivity index (χ1n) is 8.10. The van der Waals surface area contributed by atoms with Gasteiger partial charge in [0.1, 0.15) is 5.82 Å². The Morgan fingerprint density at radius 2 is 1.87 bits per heavy atom. The highest BCUT2D eigenvalue weighted by Gasteiger charge is 2.23. The van der Waals surface area contributed by atoms with Crippen LogP contribution in [0, 0.1) is 0 Å². The summed E-state index contributed by atoms with van der Waals surface area (Å²) < 4.78 is 0. The number of nitrogens with one attached hydrogen (secondary N) is 1. The van der Waals surface area contributed by atoms with Gasteiger partial charge in [0, 0.05) is 6.20 Å². The molecule has 3 rings (SSSR count). The number of guanidine groups is 1. The van der Waals surface area contributed by atoms with E-state index in [2.05, 4.69) is 44.5 Å². The van der Waals surface area contributed by atoms with Crippen LogP contribution in [-0.4, -0.2) is 35.5 Å². The molecule has 0 saturated carbocycles. The highest BCUT2D eigenvalue weighted by molar-refractivity contribution is 5.91. The van der Waals surface area contributed by atoms with E-state index in [0.717, 1.165) is 13.1 Å². The number of likely N-dealkylation sites (tertiary alicyclic amines) is 1. The quantitative estimate of drug-likeness (QED) is 0.658. The molecule has 2 heterocycles. The average Bonchev–Trinajstić information content (AvgIpc) is 3.11. The van der Waals surface area contributed by atoms with Crippen LogP contribution in [0.2, 0.25) is 0 Å². The lowest BCUT2D eigenvalue weighted by Crippen LogP contribution is -2.30. The zero-order chi connectivity index (χ0) is 15.9. The van der Waals surface area contributed by atoms with Gasteiger partial charge in [-0.05, 0) is 43.6 Å². The van der Waals surface area contributed by atoms with Crippen LogP contribution >= 0.6 is 0 Å². The Morgan fingerprint density at radius 1 is 1.13 bits per heavy atom. The van der Waals surface area contributed by atoms with Crippen molar-refractivity contribution in [3.8, 4) is 0 Å². The topological polar surface area (TPSA) is 66.5 Å². The summed E-state index contributed by atoms with van der Waals surface area (Å²) in [6, 6.07) is 16.5. The second-order valence-electron chi connectivity index (χ2n) is 5.74. The Hall–Kier alpha value is -2.40. The van der Waals surface area contributed by atoms with Crippen LogP contribution < -0.4 is 11.1 Å². The molecule has 1 unspecified atom stereocenters. The summed E-state index contributed by atoms with van der Waals surface area (Å²) in [4.78, 5) is 11.2. The molecule has 1 aliphatic heterocycles. The molecule has 5 heteroatoms. The lowest BCUT2D eigenvalue weighted by atomic mass is 10.1. The molecule has 1 saturated heterocycles. The molecular weight excluding hydrogens is 286 g/mol. The Kier molecular flexibility index (Phi) is 5.21. The maximum Gasteiger partial charge on any atom is 0.194 e. The van der Waals surface area contributed by atoms with Crippen molar-refractivity contribution in [1.29, 1.82) is 0 Å². The van der Waals surface area contributed by atoms with Gasteiger partial charge in [0.05, 0.1) is 12.6 Å². The number of aliphatic imine (C=N–C) groups is 1. The molecule has 0 aliphatic carbocycles. The molecule has 120 valence electrons. The van der Waals surface area contributed by atoms with E-state index in [9.17, 15) is 0 Å². The predicted molar refractivity (Wildman–Crippen MR) is 94.3 cm³/mol. The second kappa shape index (κ2) is 7.74. The van der Waals surface area contributed by atoms with E-state index in [-0.39, 0.29) is 6.04 Å². The fraction of sp³-hybridized carbons (Fsp3) is 0.333. The summed E-state index contributed by atoms with van der Waals surface area (Å²) in [5, 5.41) is 3.04. The lowest BCUT2D eigenvalue weighted by Gasteiger charge is -2.26. The number of rotatable bonds is 5. The van der Waals surface area contributed by atoms with E-state index in [0.29, 0.717) is 18.3 Å². The number of anilines is 1. The Balaban J connectivity index is 1.69. The highest BCUT2D eigenvalue weighted by Crippen LogP contribution is 2.25. The third-order valence-electron chi connectivity index (χ3n) is 4.12. The predicted octanol–water partition coefficient (Wildman–Crippen LogP) is 2.65. The van der Waals surface area contributed by atoms with E-state index in [1.807, 2.05) is 24.3 Å². The molecule has 1 fully saturated rings. The van der Waals surface area contributed by atoms with E-state index in [1.165, 1.54) is 18.4 Å². The van der Waals surface area contributed by atoms with Crippen molar-refractivity contribution in [2.24, 2.45) is 10.7 Å². The minimum absolute atomic E-state index is 0.280. The molecule has 1 aromatic heterocycles. The van der Waals surface area contributed by atoms with Crippen LogP contribution in [0.1, 0.15) is 24.4 Å². The smallest absolute Gasteiger partial charge is 0.194 e. The van der Waals surface area contributed by atoms with E-state index < -0.39 is 0 Å². The largest absolute Gasteiger partial charge is 0.370 e. The van der Waals surface area contributed by atoms with E-state index in [4.69, 9.17) is 5.73 Å². The molecule has 23 heavy (non-hydrogen) atoms. The Labute approximate surface area is 137 Å². The van der Waals surface area contributed by atoms with Crippen LogP contribution in [0.4, 0.5) is 5.82 Å². The van der Waals surface area contributed by atoms with E-state index >= 15 is 0 Å². The van der Waals surface area contributed by atoms with Crippen LogP contribution in [0.5, 0.6) is 0 Å². The first-order valence-corrected chi connectivity index (χ1v) is 8.10. The van der Waals surface area contributed by atoms with Gasteiger partial charge in [-0.2, -0.15) is 0 Å². The van der Waals surface area contributed by atoms with Crippen LogP contribution in [0.15, 0.2) is 59.7 Å². The Morgan fingerprint density at radius 3 is 2.57 bits per heavy atom. The minimum atomic E-state index is 0.280. The zero-order valence-corrected chi connectivity index (χ0v) is 13.2. The molecule has 3 N–H and O–H groups in total. The highest BCUT2D eigenvalue weighted by atomic mass is 15.2. The minimum Gasteiger partial charge on any atom is -0.370 e. The lowest BCUT2D eigenvalue weighted by molar-refractivity contribution is 0.252. The third kappa shape index (κ3) is 4.29. The van der Waals surface area contributed by atoms with Gasteiger partial charge < -0.3 is 11.1 Å². The fourth-order valence-electron chi connectivity index (χ4n) is 2.95. The van der Waals surface area contributed by atoms with Gasteiger partial charge in [-0.15, -0.1) is 0 Å². The molecule has 0 amide bonds.